The van der Waals surface area contributed by atoms with Crippen LogP contribution in [0.1, 0.15) is 16.1 Å². The highest BCUT2D eigenvalue weighted by molar-refractivity contribution is 8.27. The summed E-state index contributed by atoms with van der Waals surface area (Å²) in [7, 11) is 0. The Morgan fingerprint density at radius 2 is 2.13 bits per heavy atom. The highest BCUT2D eigenvalue weighted by atomic mass is 32.2. The topological polar surface area (TPSA) is 93.6 Å². The molecule has 3 N–H and O–H groups in total. The highest BCUT2D eigenvalue weighted by Gasteiger charge is 2.33. The molecule has 0 atom stereocenters. The molecule has 0 unspecified atom stereocenters. The summed E-state index contributed by atoms with van der Waals surface area (Å²) in [4.78, 5) is 28.1. The number of hydrogen-bond donors (Lipinski definition) is 3. The summed E-state index contributed by atoms with van der Waals surface area (Å²) in [6.07, 6.45) is 3.43. The molecule has 0 spiro atoms. The van der Waals surface area contributed by atoms with Crippen molar-refractivity contribution in [2.75, 3.05) is 4.90 Å². The van der Waals surface area contributed by atoms with Crippen LogP contribution < -0.4 is 4.90 Å². The molecule has 3 rings (SSSR count). The monoisotopic (exact) mass is 346 g/mol. The number of amides is 1. The van der Waals surface area contributed by atoms with Crippen LogP contribution in [0, 0.1) is 0 Å². The minimum atomic E-state index is -1.24. The van der Waals surface area contributed by atoms with Crippen LogP contribution in [0.4, 0.5) is 5.69 Å². The molecule has 0 radical (unpaired) electrons. The van der Waals surface area contributed by atoms with Gasteiger partial charge in [-0.1, -0.05) is 24.0 Å². The van der Waals surface area contributed by atoms with Gasteiger partial charge in [0, 0.05) is 18.0 Å². The molecule has 1 fully saturated rings. The van der Waals surface area contributed by atoms with Gasteiger partial charge in [0.1, 0.15) is 11.3 Å². The summed E-state index contributed by atoms with van der Waals surface area (Å²) in [5, 5.41) is 18.7. The smallest absolute Gasteiger partial charge is 0.339 e. The number of nitrogens with one attached hydrogen (secondary N) is 1. The third-order valence-electron chi connectivity index (χ3n) is 3.17. The summed E-state index contributed by atoms with van der Waals surface area (Å²) < 4.78 is 0.315. The van der Waals surface area contributed by atoms with Crippen molar-refractivity contribution in [1.82, 2.24) is 4.98 Å². The van der Waals surface area contributed by atoms with Gasteiger partial charge in [-0.05, 0) is 30.3 Å². The number of hydrogen-bond acceptors (Lipinski definition) is 5. The van der Waals surface area contributed by atoms with Crippen molar-refractivity contribution in [3.63, 3.8) is 0 Å². The summed E-state index contributed by atoms with van der Waals surface area (Å²) in [6, 6.07) is 7.52. The van der Waals surface area contributed by atoms with Gasteiger partial charge < -0.3 is 15.2 Å². The van der Waals surface area contributed by atoms with Crippen LogP contribution in [0.2, 0.25) is 0 Å². The van der Waals surface area contributed by atoms with Gasteiger partial charge in [-0.25, -0.2) is 4.79 Å². The van der Waals surface area contributed by atoms with Crippen molar-refractivity contribution in [1.29, 1.82) is 0 Å². The van der Waals surface area contributed by atoms with Gasteiger partial charge in [0.2, 0.25) is 0 Å². The lowest BCUT2D eigenvalue weighted by molar-refractivity contribution is -0.113. The average Bonchev–Trinajstić information content (AvgIpc) is 3.08. The van der Waals surface area contributed by atoms with Crippen molar-refractivity contribution >= 4 is 51.9 Å². The number of anilines is 1. The van der Waals surface area contributed by atoms with Crippen molar-refractivity contribution in [3.05, 3.63) is 52.7 Å². The van der Waals surface area contributed by atoms with Crippen molar-refractivity contribution in [3.8, 4) is 5.75 Å². The molecule has 8 heteroatoms. The number of phenols is 1. The van der Waals surface area contributed by atoms with Crippen LogP contribution in [0.3, 0.4) is 0 Å². The third-order valence-corrected chi connectivity index (χ3v) is 4.47. The molecule has 1 aromatic carbocycles. The maximum atomic E-state index is 12.5. The largest absolute Gasteiger partial charge is 0.507 e. The number of rotatable bonds is 3. The standard InChI is InChI=1S/C15H10N2O4S2/c18-11-7-9(3-4-10(11)14(20)21)17-13(19)12(23-15(17)22)6-8-2-1-5-16-8/h1-7,16,18H,(H,20,21)/b12-6+. The Hall–Kier alpha value is -2.58. The van der Waals surface area contributed by atoms with E-state index < -0.39 is 11.7 Å². The predicted molar refractivity (Wildman–Crippen MR) is 91.5 cm³/mol. The summed E-state index contributed by atoms with van der Waals surface area (Å²) in [5.74, 6) is -1.99. The van der Waals surface area contributed by atoms with Crippen LogP contribution >= 0.6 is 24.0 Å². The van der Waals surface area contributed by atoms with E-state index in [1.165, 1.54) is 23.1 Å². The van der Waals surface area contributed by atoms with E-state index in [2.05, 4.69) is 4.98 Å². The number of aromatic nitrogens is 1. The lowest BCUT2D eigenvalue weighted by Gasteiger charge is -2.15. The minimum absolute atomic E-state index is 0.235. The Balaban J connectivity index is 1.95. The van der Waals surface area contributed by atoms with Gasteiger partial charge in [-0.15, -0.1) is 0 Å². The first-order valence-corrected chi connectivity index (χ1v) is 7.67. The van der Waals surface area contributed by atoms with Crippen molar-refractivity contribution in [2.24, 2.45) is 0 Å². The van der Waals surface area contributed by atoms with E-state index in [-0.39, 0.29) is 11.5 Å². The molecule has 0 aliphatic carbocycles. The molecule has 1 amide bonds. The quantitative estimate of drug-likeness (QED) is 0.584. The number of aromatic carboxylic acids is 1. The van der Waals surface area contributed by atoms with Crippen molar-refractivity contribution in [2.45, 2.75) is 0 Å². The van der Waals surface area contributed by atoms with E-state index >= 15 is 0 Å². The molecular weight excluding hydrogens is 336 g/mol. The second-order valence-electron chi connectivity index (χ2n) is 4.65. The van der Waals surface area contributed by atoms with Gasteiger partial charge in [0.15, 0.2) is 4.32 Å². The molecule has 2 heterocycles. The number of thiocarbonyl (C=S) groups is 1. The molecule has 2 aromatic rings. The average molecular weight is 346 g/mol. The molecule has 23 heavy (non-hydrogen) atoms. The molecule has 1 aliphatic heterocycles. The molecule has 0 saturated carbocycles. The number of carbonyl (C=O) groups excluding carboxylic acids is 1. The number of carbonyl (C=O) groups is 2. The van der Waals surface area contributed by atoms with Gasteiger partial charge in [-0.2, -0.15) is 0 Å². The highest BCUT2D eigenvalue weighted by Crippen LogP contribution is 2.37. The van der Waals surface area contributed by atoms with Gasteiger partial charge >= 0.3 is 5.97 Å². The van der Waals surface area contributed by atoms with E-state index in [9.17, 15) is 14.7 Å². The maximum Gasteiger partial charge on any atom is 0.339 e. The molecule has 0 bridgehead atoms. The summed E-state index contributed by atoms with van der Waals surface area (Å²) in [6.45, 7) is 0. The number of carboxylic acid groups (broad SMARTS) is 1. The number of benzene rings is 1. The first kappa shape index (κ1) is 15.3. The van der Waals surface area contributed by atoms with E-state index in [1.54, 1.807) is 12.3 Å². The number of aromatic amines is 1. The van der Waals surface area contributed by atoms with Crippen LogP contribution in [0.25, 0.3) is 6.08 Å². The van der Waals surface area contributed by atoms with Crippen molar-refractivity contribution < 1.29 is 19.8 Å². The molecule has 1 aromatic heterocycles. The van der Waals surface area contributed by atoms with E-state index in [4.69, 9.17) is 17.3 Å². The Kier molecular flexibility index (Phi) is 3.93. The minimum Gasteiger partial charge on any atom is -0.507 e. The second-order valence-corrected chi connectivity index (χ2v) is 6.32. The fourth-order valence-corrected chi connectivity index (χ4v) is 3.40. The number of carboxylic acids is 1. The fraction of sp³-hybridized carbons (Fsp3) is 0. The van der Waals surface area contributed by atoms with Crippen LogP contribution in [0.5, 0.6) is 5.75 Å². The fourth-order valence-electron chi connectivity index (χ4n) is 2.11. The number of nitrogens with zero attached hydrogens (tertiary/aromatic N) is 1. The maximum absolute atomic E-state index is 12.5. The SMILES string of the molecule is O=C(O)c1ccc(N2C(=O)/C(=C\c3ccc[nH]3)SC2=S)cc1O. The zero-order valence-electron chi connectivity index (χ0n) is 11.5. The molecular formula is C15H10N2O4S2. The zero-order valence-corrected chi connectivity index (χ0v) is 13.1. The number of thioether (sulfide) groups is 1. The molecule has 1 aliphatic rings. The Bertz CT molecular complexity index is 843. The molecule has 1 saturated heterocycles. The summed E-state index contributed by atoms with van der Waals surface area (Å²) >= 11 is 6.36. The van der Waals surface area contributed by atoms with Crippen LogP contribution in [0.15, 0.2) is 41.4 Å². The Morgan fingerprint density at radius 1 is 1.35 bits per heavy atom. The zero-order chi connectivity index (χ0) is 16.6. The van der Waals surface area contributed by atoms with Gasteiger partial charge in [0.25, 0.3) is 5.91 Å². The van der Waals surface area contributed by atoms with E-state index in [0.29, 0.717) is 14.9 Å². The lowest BCUT2D eigenvalue weighted by Crippen LogP contribution is -2.27. The molecule has 116 valence electrons. The van der Waals surface area contributed by atoms with Crippen LogP contribution in [-0.4, -0.2) is 31.4 Å². The Labute approximate surface area is 140 Å². The van der Waals surface area contributed by atoms with Gasteiger partial charge in [-0.3, -0.25) is 9.69 Å². The van der Waals surface area contributed by atoms with Gasteiger partial charge in [0.05, 0.1) is 10.6 Å². The number of H-pyrrole nitrogens is 1. The molecule has 6 nitrogen and oxygen atoms in total. The third kappa shape index (κ3) is 2.86. The Morgan fingerprint density at radius 3 is 2.74 bits per heavy atom. The lowest BCUT2D eigenvalue weighted by atomic mass is 10.1. The summed E-state index contributed by atoms with van der Waals surface area (Å²) in [5.41, 5.74) is 0.862. The number of aromatic hydroxyl groups is 1. The predicted octanol–water partition coefficient (Wildman–Crippen LogP) is 2.82. The first-order chi connectivity index (χ1) is 11.0. The van der Waals surface area contributed by atoms with E-state index in [0.717, 1.165) is 17.5 Å². The van der Waals surface area contributed by atoms with E-state index in [1.807, 2.05) is 12.1 Å². The second kappa shape index (κ2) is 5.90. The first-order valence-electron chi connectivity index (χ1n) is 6.45. The normalized spacial score (nSPS) is 16.3. The van der Waals surface area contributed by atoms with Crippen LogP contribution in [-0.2, 0) is 4.79 Å².